The van der Waals surface area contributed by atoms with Crippen LogP contribution in [0.2, 0.25) is 0 Å². The molecule has 0 saturated heterocycles. The number of pyridine rings is 1. The van der Waals surface area contributed by atoms with Crippen molar-refractivity contribution < 1.29 is 9.90 Å². The third-order valence-corrected chi connectivity index (χ3v) is 6.14. The number of hydrogen-bond acceptors (Lipinski definition) is 4. The molecule has 6 heteroatoms. The zero-order chi connectivity index (χ0) is 23.5. The number of aromatic nitrogens is 1. The van der Waals surface area contributed by atoms with Gasteiger partial charge in [0.1, 0.15) is 0 Å². The molecule has 0 spiro atoms. The average Bonchev–Trinajstić information content (AvgIpc) is 3.00. The lowest BCUT2D eigenvalue weighted by Crippen LogP contribution is -2.46. The van der Waals surface area contributed by atoms with Crippen molar-refractivity contribution in [1.82, 2.24) is 9.99 Å². The minimum atomic E-state index is -0.584. The van der Waals surface area contributed by atoms with Gasteiger partial charge in [0.15, 0.2) is 11.4 Å². The maximum absolute atomic E-state index is 13.3. The lowest BCUT2D eigenvalue weighted by Gasteiger charge is -2.37. The normalized spacial score (nSPS) is 15.5. The quantitative estimate of drug-likeness (QED) is 0.486. The number of hydrogen-bond donors (Lipinski definition) is 2. The first-order chi connectivity index (χ1) is 16.6. The van der Waals surface area contributed by atoms with Crippen molar-refractivity contribution in [2.45, 2.75) is 18.5 Å². The number of carbonyl (C=O) groups excluding carboxylic acids is 1. The molecule has 1 atom stereocenters. The Balaban J connectivity index is 1.67. The standard InChI is InChI=1S/C28H25N3O3/c32-24-16-17-30-26(27(24)33)28(34)29-23(18-20-10-4-1-5-11-20)19-31(30)25(21-12-6-2-7-13-21)22-14-8-3-9-15-22/h1-17,23,25,33H,18-19H2,(H,29,34). The van der Waals surface area contributed by atoms with E-state index >= 15 is 0 Å². The van der Waals surface area contributed by atoms with E-state index in [-0.39, 0.29) is 17.8 Å². The lowest BCUT2D eigenvalue weighted by atomic mass is 9.97. The van der Waals surface area contributed by atoms with Gasteiger partial charge in [-0.3, -0.25) is 19.3 Å². The van der Waals surface area contributed by atoms with Crippen molar-refractivity contribution >= 4 is 5.91 Å². The fourth-order valence-electron chi connectivity index (χ4n) is 4.61. The van der Waals surface area contributed by atoms with Gasteiger partial charge in [-0.05, 0) is 23.1 Å². The average molecular weight is 452 g/mol. The highest BCUT2D eigenvalue weighted by atomic mass is 16.3. The fraction of sp³-hybridized carbons (Fsp3) is 0.143. The van der Waals surface area contributed by atoms with Crippen molar-refractivity contribution in [3.8, 4) is 5.75 Å². The van der Waals surface area contributed by atoms with Gasteiger partial charge in [0.2, 0.25) is 5.43 Å². The van der Waals surface area contributed by atoms with Crippen molar-refractivity contribution in [1.29, 1.82) is 0 Å². The monoisotopic (exact) mass is 451 g/mol. The zero-order valence-electron chi connectivity index (χ0n) is 18.5. The molecule has 34 heavy (non-hydrogen) atoms. The van der Waals surface area contributed by atoms with Gasteiger partial charge in [-0.25, -0.2) is 0 Å². The summed E-state index contributed by atoms with van der Waals surface area (Å²) in [5.41, 5.74) is 2.52. The van der Waals surface area contributed by atoms with Crippen molar-refractivity contribution in [2.75, 3.05) is 11.6 Å². The number of nitrogens with zero attached hydrogens (tertiary/aromatic N) is 2. The zero-order valence-corrected chi connectivity index (χ0v) is 18.5. The molecule has 6 nitrogen and oxygen atoms in total. The first-order valence-electron chi connectivity index (χ1n) is 11.3. The van der Waals surface area contributed by atoms with Gasteiger partial charge in [-0.1, -0.05) is 91.0 Å². The molecular formula is C28H25N3O3. The molecule has 5 rings (SSSR count). The maximum Gasteiger partial charge on any atom is 0.274 e. The smallest absolute Gasteiger partial charge is 0.274 e. The summed E-state index contributed by atoms with van der Waals surface area (Å²) in [4.78, 5) is 25.5. The molecule has 1 aliphatic rings. The van der Waals surface area contributed by atoms with Crippen LogP contribution in [0.3, 0.4) is 0 Å². The maximum atomic E-state index is 13.3. The van der Waals surface area contributed by atoms with Crippen LogP contribution >= 0.6 is 0 Å². The molecule has 1 aliphatic heterocycles. The van der Waals surface area contributed by atoms with E-state index in [4.69, 9.17) is 0 Å². The van der Waals surface area contributed by atoms with Crippen molar-refractivity contribution in [3.63, 3.8) is 0 Å². The van der Waals surface area contributed by atoms with Crippen LogP contribution < -0.4 is 15.8 Å². The number of amides is 1. The second-order valence-corrected chi connectivity index (χ2v) is 8.43. The Morgan fingerprint density at radius 3 is 1.97 bits per heavy atom. The molecule has 0 radical (unpaired) electrons. The minimum Gasteiger partial charge on any atom is -0.502 e. The Hall–Kier alpha value is -4.32. The predicted octanol–water partition coefficient (Wildman–Crippen LogP) is 3.64. The second kappa shape index (κ2) is 9.27. The fourth-order valence-corrected chi connectivity index (χ4v) is 4.61. The molecule has 2 N–H and O–H groups in total. The Morgan fingerprint density at radius 2 is 1.38 bits per heavy atom. The second-order valence-electron chi connectivity index (χ2n) is 8.43. The molecular weight excluding hydrogens is 426 g/mol. The Labute approximate surface area is 197 Å². The lowest BCUT2D eigenvalue weighted by molar-refractivity contribution is 0.0933. The summed E-state index contributed by atoms with van der Waals surface area (Å²) in [6.45, 7) is 0.463. The SMILES string of the molecule is O=C1NC(Cc2ccccc2)CN(C(c2ccccc2)c2ccccc2)n2ccc(=O)c(O)c21. The molecule has 0 fully saturated rings. The molecule has 1 unspecified atom stereocenters. The molecule has 0 saturated carbocycles. The Morgan fingerprint density at radius 1 is 0.824 bits per heavy atom. The van der Waals surface area contributed by atoms with E-state index < -0.39 is 17.1 Å². The van der Waals surface area contributed by atoms with E-state index in [1.807, 2.05) is 96.0 Å². The summed E-state index contributed by atoms with van der Waals surface area (Å²) < 4.78 is 1.63. The molecule has 1 aromatic heterocycles. The van der Waals surface area contributed by atoms with Crippen LogP contribution in [-0.4, -0.2) is 28.3 Å². The molecule has 0 bridgehead atoms. The Bertz CT molecular complexity index is 1300. The summed E-state index contributed by atoms with van der Waals surface area (Å²) >= 11 is 0. The van der Waals surface area contributed by atoms with Gasteiger partial charge < -0.3 is 10.4 Å². The number of nitrogens with one attached hydrogen (secondary N) is 1. The number of rotatable bonds is 5. The van der Waals surface area contributed by atoms with Gasteiger partial charge in [-0.2, -0.15) is 0 Å². The van der Waals surface area contributed by atoms with Crippen molar-refractivity contribution in [2.24, 2.45) is 0 Å². The highest BCUT2D eigenvalue weighted by Crippen LogP contribution is 2.30. The van der Waals surface area contributed by atoms with E-state index in [1.54, 1.807) is 10.9 Å². The summed E-state index contributed by atoms with van der Waals surface area (Å²) in [5.74, 6) is -1.02. The molecule has 2 heterocycles. The minimum absolute atomic E-state index is 0.0556. The van der Waals surface area contributed by atoms with Gasteiger partial charge in [0.25, 0.3) is 5.91 Å². The van der Waals surface area contributed by atoms with Crippen LogP contribution in [-0.2, 0) is 6.42 Å². The highest BCUT2D eigenvalue weighted by Gasteiger charge is 2.33. The van der Waals surface area contributed by atoms with Crippen LogP contribution in [0.1, 0.15) is 33.2 Å². The summed E-state index contributed by atoms with van der Waals surface area (Å²) in [5, 5.41) is 15.7. The van der Waals surface area contributed by atoms with Gasteiger partial charge >= 0.3 is 0 Å². The van der Waals surface area contributed by atoms with Crippen molar-refractivity contribution in [3.05, 3.63) is 136 Å². The predicted molar refractivity (Wildman–Crippen MR) is 132 cm³/mol. The van der Waals surface area contributed by atoms with E-state index in [2.05, 4.69) is 5.32 Å². The first-order valence-corrected chi connectivity index (χ1v) is 11.3. The number of fused-ring (bicyclic) bond motifs is 1. The summed E-state index contributed by atoms with van der Waals surface area (Å²) in [7, 11) is 0. The molecule has 1 amide bonds. The van der Waals surface area contributed by atoms with E-state index in [0.717, 1.165) is 16.7 Å². The number of aromatic hydroxyl groups is 1. The van der Waals surface area contributed by atoms with Gasteiger partial charge in [0, 0.05) is 12.3 Å². The summed E-state index contributed by atoms with van der Waals surface area (Å²) in [6, 6.07) is 30.8. The van der Waals surface area contributed by atoms with E-state index in [9.17, 15) is 14.7 Å². The van der Waals surface area contributed by atoms with E-state index in [0.29, 0.717) is 13.0 Å². The topological polar surface area (TPSA) is 74.6 Å². The first kappa shape index (κ1) is 21.5. The highest BCUT2D eigenvalue weighted by molar-refractivity contribution is 5.95. The van der Waals surface area contributed by atoms with Gasteiger partial charge in [-0.15, -0.1) is 0 Å². The molecule has 4 aromatic rings. The van der Waals surface area contributed by atoms with Crippen LogP contribution in [0.25, 0.3) is 0 Å². The van der Waals surface area contributed by atoms with Crippen LogP contribution in [0, 0.1) is 0 Å². The van der Waals surface area contributed by atoms with E-state index in [1.165, 1.54) is 6.07 Å². The Kier molecular flexibility index (Phi) is 5.87. The van der Waals surface area contributed by atoms with Gasteiger partial charge in [0.05, 0.1) is 18.6 Å². The molecule has 0 aliphatic carbocycles. The summed E-state index contributed by atoms with van der Waals surface area (Å²) in [6.07, 6.45) is 2.18. The number of carbonyl (C=O) groups is 1. The third kappa shape index (κ3) is 4.18. The molecule has 170 valence electrons. The van der Waals surface area contributed by atoms with Crippen LogP contribution in [0.5, 0.6) is 5.75 Å². The van der Waals surface area contributed by atoms with Crippen LogP contribution in [0.4, 0.5) is 0 Å². The largest absolute Gasteiger partial charge is 0.502 e. The third-order valence-electron chi connectivity index (χ3n) is 6.14. The molecule has 3 aromatic carbocycles. The number of benzene rings is 3. The van der Waals surface area contributed by atoms with Crippen LogP contribution in [0.15, 0.2) is 108 Å².